The van der Waals surface area contributed by atoms with Gasteiger partial charge in [0.05, 0.1) is 0 Å². The average Bonchev–Trinajstić information content (AvgIpc) is 3.35. The summed E-state index contributed by atoms with van der Waals surface area (Å²) in [5.74, 6) is -0.881. The fraction of sp³-hybridized carbons (Fsp3) is 0.825. The largest absolute Gasteiger partial charge is 0.462 e. The first-order chi connectivity index (χ1) is 34.0. The Morgan fingerprint density at radius 2 is 0.522 bits per heavy atom. The summed E-state index contributed by atoms with van der Waals surface area (Å²) in [6, 6.07) is 0. The van der Waals surface area contributed by atoms with E-state index in [1.165, 1.54) is 193 Å². The Morgan fingerprint density at radius 3 is 0.855 bits per heavy atom. The van der Waals surface area contributed by atoms with Crippen LogP contribution in [0.15, 0.2) is 48.6 Å². The Labute approximate surface area is 428 Å². The first kappa shape index (κ1) is 66.4. The van der Waals surface area contributed by atoms with Crippen molar-refractivity contribution in [2.75, 3.05) is 13.2 Å². The van der Waals surface area contributed by atoms with E-state index in [1.807, 2.05) is 0 Å². The highest BCUT2D eigenvalue weighted by Gasteiger charge is 2.19. The number of carbonyl (C=O) groups is 3. The van der Waals surface area contributed by atoms with Gasteiger partial charge in [-0.05, 0) is 83.5 Å². The van der Waals surface area contributed by atoms with Crippen LogP contribution in [0.2, 0.25) is 0 Å². The fourth-order valence-corrected chi connectivity index (χ4v) is 8.74. The van der Waals surface area contributed by atoms with Gasteiger partial charge in [-0.15, -0.1) is 0 Å². The van der Waals surface area contributed by atoms with Crippen LogP contribution >= 0.6 is 0 Å². The van der Waals surface area contributed by atoms with Crippen LogP contribution in [0.1, 0.15) is 316 Å². The van der Waals surface area contributed by atoms with Crippen LogP contribution < -0.4 is 0 Å². The molecule has 1 unspecified atom stereocenters. The molecular formula is C63H114O6. The first-order valence-corrected chi connectivity index (χ1v) is 30.1. The number of allylic oxidation sites excluding steroid dienone is 8. The maximum Gasteiger partial charge on any atom is 0.306 e. The number of hydrogen-bond donors (Lipinski definition) is 0. The highest BCUT2D eigenvalue weighted by Crippen LogP contribution is 2.16. The van der Waals surface area contributed by atoms with Crippen molar-refractivity contribution in [3.05, 3.63) is 48.6 Å². The van der Waals surface area contributed by atoms with Gasteiger partial charge in [0.15, 0.2) is 6.10 Å². The van der Waals surface area contributed by atoms with E-state index < -0.39 is 6.10 Å². The van der Waals surface area contributed by atoms with Crippen LogP contribution in [0.25, 0.3) is 0 Å². The molecule has 1 atom stereocenters. The zero-order valence-electron chi connectivity index (χ0n) is 46.1. The molecule has 0 aliphatic carbocycles. The van der Waals surface area contributed by atoms with E-state index >= 15 is 0 Å². The molecule has 0 heterocycles. The van der Waals surface area contributed by atoms with Gasteiger partial charge >= 0.3 is 17.9 Å². The highest BCUT2D eigenvalue weighted by molar-refractivity contribution is 5.71. The van der Waals surface area contributed by atoms with Gasteiger partial charge in [-0.25, -0.2) is 0 Å². The summed E-state index contributed by atoms with van der Waals surface area (Å²) in [5.41, 5.74) is 0. The SMILES string of the molecule is CCCCC/C=C\C/C=C\C/C=C\CCCCCCCCC(=O)OCC(COC(=O)CCCCCCC/C=C\CCCCCCCC)OC(=O)CCCCCCCCCCCCCCCCCCC. The topological polar surface area (TPSA) is 78.9 Å². The lowest BCUT2D eigenvalue weighted by Gasteiger charge is -2.18. The molecule has 0 spiro atoms. The minimum absolute atomic E-state index is 0.0787. The molecule has 0 aromatic heterocycles. The van der Waals surface area contributed by atoms with Crippen molar-refractivity contribution < 1.29 is 28.6 Å². The molecule has 0 saturated heterocycles. The third-order valence-electron chi connectivity index (χ3n) is 13.3. The van der Waals surface area contributed by atoms with Gasteiger partial charge in [0.1, 0.15) is 13.2 Å². The van der Waals surface area contributed by atoms with Gasteiger partial charge in [0.25, 0.3) is 0 Å². The van der Waals surface area contributed by atoms with E-state index in [4.69, 9.17) is 14.2 Å². The lowest BCUT2D eigenvalue weighted by molar-refractivity contribution is -0.167. The summed E-state index contributed by atoms with van der Waals surface area (Å²) in [6.45, 7) is 6.63. The summed E-state index contributed by atoms with van der Waals surface area (Å²) >= 11 is 0. The van der Waals surface area contributed by atoms with Crippen LogP contribution in [-0.4, -0.2) is 37.2 Å². The molecule has 0 amide bonds. The molecule has 6 heteroatoms. The lowest BCUT2D eigenvalue weighted by Crippen LogP contribution is -2.30. The number of carbonyl (C=O) groups excluding carboxylic acids is 3. The summed E-state index contributed by atoms with van der Waals surface area (Å²) in [6.07, 6.45) is 71.0. The van der Waals surface area contributed by atoms with E-state index in [9.17, 15) is 14.4 Å². The molecule has 0 saturated carbocycles. The van der Waals surface area contributed by atoms with Crippen molar-refractivity contribution in [3.8, 4) is 0 Å². The third kappa shape index (κ3) is 56.2. The summed E-state index contributed by atoms with van der Waals surface area (Å²) < 4.78 is 16.9. The van der Waals surface area contributed by atoms with Gasteiger partial charge in [-0.2, -0.15) is 0 Å². The number of rotatable bonds is 55. The van der Waals surface area contributed by atoms with Crippen molar-refractivity contribution in [3.63, 3.8) is 0 Å². The van der Waals surface area contributed by atoms with Gasteiger partial charge in [0.2, 0.25) is 0 Å². The molecule has 0 bridgehead atoms. The first-order valence-electron chi connectivity index (χ1n) is 30.1. The molecule has 0 N–H and O–H groups in total. The Kier molecular flexibility index (Phi) is 55.7. The number of unbranched alkanes of at least 4 members (excludes halogenated alkanes) is 36. The molecule has 0 aromatic carbocycles. The zero-order chi connectivity index (χ0) is 50.0. The maximum atomic E-state index is 12.9. The molecule has 402 valence electrons. The zero-order valence-corrected chi connectivity index (χ0v) is 46.1. The molecule has 0 rings (SSSR count). The Balaban J connectivity index is 4.38. The van der Waals surface area contributed by atoms with Crippen LogP contribution in [0.4, 0.5) is 0 Å². The summed E-state index contributed by atoms with van der Waals surface area (Å²) in [4.78, 5) is 38.2. The smallest absolute Gasteiger partial charge is 0.306 e. The molecule has 0 aliphatic rings. The lowest BCUT2D eigenvalue weighted by atomic mass is 10.0. The van der Waals surface area contributed by atoms with Crippen molar-refractivity contribution in [1.29, 1.82) is 0 Å². The molecular weight excluding hydrogens is 853 g/mol. The molecule has 0 aromatic rings. The van der Waals surface area contributed by atoms with Gasteiger partial charge < -0.3 is 14.2 Å². The quantitative estimate of drug-likeness (QED) is 0.0262. The minimum atomic E-state index is -0.780. The number of hydrogen-bond acceptors (Lipinski definition) is 6. The van der Waals surface area contributed by atoms with E-state index in [1.54, 1.807) is 0 Å². The molecule has 69 heavy (non-hydrogen) atoms. The predicted octanol–water partition coefficient (Wildman–Crippen LogP) is 20.2. The molecule has 0 aliphatic heterocycles. The standard InChI is InChI=1S/C63H114O6/c1-4-7-10-13-16-19-22-25-28-30-31-33-35-38-41-44-47-50-53-56-62(65)68-59-60(58-67-61(64)55-52-49-46-43-40-37-34-27-24-21-18-15-12-9-6-3)69-63(66)57-54-51-48-45-42-39-36-32-29-26-23-20-17-14-11-8-5-2/h16,19,25,27-28,31,33-34,60H,4-15,17-18,20-24,26,29-30,32,35-59H2,1-3H3/b19-16-,28-25-,33-31-,34-27-. The Hall–Kier alpha value is -2.63. The Bertz CT molecular complexity index is 1200. The monoisotopic (exact) mass is 967 g/mol. The number of ether oxygens (including phenoxy) is 3. The van der Waals surface area contributed by atoms with E-state index in [0.717, 1.165) is 83.5 Å². The predicted molar refractivity (Wildman–Crippen MR) is 298 cm³/mol. The second kappa shape index (κ2) is 57.9. The van der Waals surface area contributed by atoms with Crippen molar-refractivity contribution in [2.45, 2.75) is 322 Å². The second-order valence-electron chi connectivity index (χ2n) is 20.3. The van der Waals surface area contributed by atoms with Crippen molar-refractivity contribution in [2.24, 2.45) is 0 Å². The second-order valence-corrected chi connectivity index (χ2v) is 20.3. The molecule has 6 nitrogen and oxygen atoms in total. The van der Waals surface area contributed by atoms with E-state index in [0.29, 0.717) is 19.3 Å². The highest BCUT2D eigenvalue weighted by atomic mass is 16.6. The summed E-state index contributed by atoms with van der Waals surface area (Å²) in [5, 5.41) is 0. The maximum absolute atomic E-state index is 12.9. The van der Waals surface area contributed by atoms with Crippen LogP contribution in [0.3, 0.4) is 0 Å². The average molecular weight is 968 g/mol. The van der Waals surface area contributed by atoms with Gasteiger partial charge in [-0.3, -0.25) is 14.4 Å². The molecule has 0 radical (unpaired) electrons. The number of esters is 3. The molecule has 0 fully saturated rings. The van der Waals surface area contributed by atoms with Crippen molar-refractivity contribution in [1.82, 2.24) is 0 Å². The summed E-state index contributed by atoms with van der Waals surface area (Å²) in [7, 11) is 0. The van der Waals surface area contributed by atoms with E-state index in [2.05, 4.69) is 69.4 Å². The Morgan fingerprint density at radius 1 is 0.290 bits per heavy atom. The van der Waals surface area contributed by atoms with Crippen molar-refractivity contribution >= 4 is 17.9 Å². The van der Waals surface area contributed by atoms with Gasteiger partial charge in [-0.1, -0.05) is 262 Å². The third-order valence-corrected chi connectivity index (χ3v) is 13.3. The van der Waals surface area contributed by atoms with Crippen LogP contribution in [0, 0.1) is 0 Å². The van der Waals surface area contributed by atoms with Crippen LogP contribution in [-0.2, 0) is 28.6 Å². The normalized spacial score (nSPS) is 12.3. The minimum Gasteiger partial charge on any atom is -0.462 e. The van der Waals surface area contributed by atoms with Gasteiger partial charge in [0, 0.05) is 19.3 Å². The fourth-order valence-electron chi connectivity index (χ4n) is 8.74. The van der Waals surface area contributed by atoms with Crippen LogP contribution in [0.5, 0.6) is 0 Å². The van der Waals surface area contributed by atoms with E-state index in [-0.39, 0.29) is 31.1 Å².